The Morgan fingerprint density at radius 1 is 1.50 bits per heavy atom. The zero-order chi connectivity index (χ0) is 11.1. The summed E-state index contributed by atoms with van der Waals surface area (Å²) >= 11 is 7.54. The van der Waals surface area contributed by atoms with Crippen molar-refractivity contribution < 1.29 is 0 Å². The third kappa shape index (κ3) is 1.79. The van der Waals surface area contributed by atoms with Crippen LogP contribution >= 0.6 is 22.9 Å². The van der Waals surface area contributed by atoms with E-state index in [1.165, 1.54) is 17.4 Å². The molecule has 3 rings (SSSR count). The van der Waals surface area contributed by atoms with E-state index in [2.05, 4.69) is 9.97 Å². The first kappa shape index (κ1) is 10.1. The summed E-state index contributed by atoms with van der Waals surface area (Å²) in [6, 6.07) is 3.32. The van der Waals surface area contributed by atoms with Gasteiger partial charge in [-0.05, 0) is 24.3 Å². The Balaban J connectivity index is 2.13. The highest BCUT2D eigenvalue weighted by Crippen LogP contribution is 2.39. The van der Waals surface area contributed by atoms with E-state index >= 15 is 0 Å². The minimum absolute atomic E-state index is 0.101. The van der Waals surface area contributed by atoms with E-state index in [0.717, 1.165) is 23.5 Å². The summed E-state index contributed by atoms with van der Waals surface area (Å²) in [6.07, 6.45) is 2.23. The molecule has 0 amide bonds. The van der Waals surface area contributed by atoms with E-state index < -0.39 is 0 Å². The summed E-state index contributed by atoms with van der Waals surface area (Å²) in [5.41, 5.74) is 0.585. The molecule has 0 atom stereocenters. The molecule has 0 saturated heterocycles. The number of H-pyrrole nitrogens is 1. The SMILES string of the molecule is O=c1cc(-c2sccc2Cl)nc(C2CC2)[nH]1. The molecule has 1 aliphatic rings. The van der Waals surface area contributed by atoms with E-state index in [1.54, 1.807) is 0 Å². The third-order valence-corrected chi connectivity index (χ3v) is 3.94. The van der Waals surface area contributed by atoms with E-state index in [1.807, 2.05) is 11.4 Å². The highest BCUT2D eigenvalue weighted by atomic mass is 35.5. The Morgan fingerprint density at radius 2 is 2.31 bits per heavy atom. The Bertz CT molecular complexity index is 586. The van der Waals surface area contributed by atoms with Crippen LogP contribution in [-0.4, -0.2) is 9.97 Å². The second kappa shape index (κ2) is 3.71. The minimum Gasteiger partial charge on any atom is -0.310 e. The lowest BCUT2D eigenvalue weighted by molar-refractivity contribution is 0.913. The van der Waals surface area contributed by atoms with Crippen LogP contribution < -0.4 is 5.56 Å². The maximum atomic E-state index is 11.5. The van der Waals surface area contributed by atoms with Crippen molar-refractivity contribution in [2.45, 2.75) is 18.8 Å². The number of aromatic nitrogens is 2. The van der Waals surface area contributed by atoms with Crippen molar-refractivity contribution in [1.29, 1.82) is 0 Å². The van der Waals surface area contributed by atoms with Gasteiger partial charge in [0.2, 0.25) is 0 Å². The van der Waals surface area contributed by atoms with Crippen LogP contribution in [0.4, 0.5) is 0 Å². The molecule has 0 spiro atoms. The molecule has 1 saturated carbocycles. The van der Waals surface area contributed by atoms with Crippen molar-refractivity contribution in [3.8, 4) is 10.6 Å². The van der Waals surface area contributed by atoms with Gasteiger partial charge in [-0.15, -0.1) is 11.3 Å². The lowest BCUT2D eigenvalue weighted by atomic mass is 10.3. The molecule has 3 nitrogen and oxygen atoms in total. The number of aromatic amines is 1. The first-order chi connectivity index (χ1) is 7.74. The van der Waals surface area contributed by atoms with Crippen LogP contribution in [0.1, 0.15) is 24.6 Å². The first-order valence-corrected chi connectivity index (χ1v) is 6.34. The summed E-state index contributed by atoms with van der Waals surface area (Å²) < 4.78 is 0. The quantitative estimate of drug-likeness (QED) is 0.893. The van der Waals surface area contributed by atoms with E-state index in [4.69, 9.17) is 11.6 Å². The molecule has 0 unspecified atom stereocenters. The van der Waals surface area contributed by atoms with Crippen molar-refractivity contribution in [3.05, 3.63) is 38.7 Å². The second-order valence-corrected chi connectivity index (χ2v) is 5.21. The summed E-state index contributed by atoms with van der Waals surface area (Å²) in [6.45, 7) is 0. The molecule has 2 heterocycles. The molecule has 2 aromatic rings. The summed E-state index contributed by atoms with van der Waals surface area (Å²) in [5, 5.41) is 2.56. The van der Waals surface area contributed by atoms with Crippen LogP contribution in [-0.2, 0) is 0 Å². The third-order valence-electron chi connectivity index (χ3n) is 2.57. The normalized spacial score (nSPS) is 15.3. The Morgan fingerprint density at radius 3 is 2.94 bits per heavy atom. The Labute approximate surface area is 101 Å². The average Bonchev–Trinajstić information content (AvgIpc) is 3.01. The van der Waals surface area contributed by atoms with Crippen molar-refractivity contribution in [1.82, 2.24) is 9.97 Å². The zero-order valence-corrected chi connectivity index (χ0v) is 9.94. The number of halogens is 1. The molecular formula is C11H9ClN2OS. The van der Waals surface area contributed by atoms with Crippen LogP contribution in [0.5, 0.6) is 0 Å². The number of rotatable bonds is 2. The van der Waals surface area contributed by atoms with Gasteiger partial charge in [0.15, 0.2) is 0 Å². The molecule has 82 valence electrons. The number of hydrogen-bond acceptors (Lipinski definition) is 3. The Hall–Kier alpha value is -1.13. The molecular weight excluding hydrogens is 244 g/mol. The maximum absolute atomic E-state index is 11.5. The second-order valence-electron chi connectivity index (χ2n) is 3.89. The predicted octanol–water partition coefficient (Wildman–Crippen LogP) is 3.03. The van der Waals surface area contributed by atoms with E-state index in [0.29, 0.717) is 16.6 Å². The highest BCUT2D eigenvalue weighted by Gasteiger charge is 2.26. The number of nitrogens with one attached hydrogen (secondary N) is 1. The maximum Gasteiger partial charge on any atom is 0.251 e. The monoisotopic (exact) mass is 252 g/mol. The smallest absolute Gasteiger partial charge is 0.251 e. The predicted molar refractivity (Wildman–Crippen MR) is 65.2 cm³/mol. The number of thiophene rings is 1. The molecule has 0 bridgehead atoms. The van der Waals surface area contributed by atoms with Gasteiger partial charge in [0.1, 0.15) is 5.82 Å². The van der Waals surface area contributed by atoms with Crippen LogP contribution in [0.2, 0.25) is 5.02 Å². The minimum atomic E-state index is -0.101. The van der Waals surface area contributed by atoms with Gasteiger partial charge in [-0.3, -0.25) is 4.79 Å². The topological polar surface area (TPSA) is 45.8 Å². The highest BCUT2D eigenvalue weighted by molar-refractivity contribution is 7.14. The van der Waals surface area contributed by atoms with Crippen LogP contribution in [0.3, 0.4) is 0 Å². The van der Waals surface area contributed by atoms with Gasteiger partial charge < -0.3 is 4.98 Å². The lowest BCUT2D eigenvalue weighted by Crippen LogP contribution is -2.10. The van der Waals surface area contributed by atoms with Gasteiger partial charge in [-0.2, -0.15) is 0 Å². The molecule has 16 heavy (non-hydrogen) atoms. The van der Waals surface area contributed by atoms with Crippen molar-refractivity contribution in [2.24, 2.45) is 0 Å². The molecule has 2 aromatic heterocycles. The van der Waals surface area contributed by atoms with Gasteiger partial charge in [0.25, 0.3) is 5.56 Å². The molecule has 1 N–H and O–H groups in total. The standard InChI is InChI=1S/C11H9ClN2OS/c12-7-3-4-16-10(7)8-5-9(15)14-11(13-8)6-1-2-6/h3-6H,1-2H2,(H,13,14,15). The molecule has 0 radical (unpaired) electrons. The fraction of sp³-hybridized carbons (Fsp3) is 0.273. The first-order valence-electron chi connectivity index (χ1n) is 5.08. The van der Waals surface area contributed by atoms with Crippen LogP contribution in [0.25, 0.3) is 10.6 Å². The van der Waals surface area contributed by atoms with Crippen molar-refractivity contribution in [2.75, 3.05) is 0 Å². The zero-order valence-electron chi connectivity index (χ0n) is 8.37. The molecule has 5 heteroatoms. The van der Waals surface area contributed by atoms with Crippen molar-refractivity contribution >= 4 is 22.9 Å². The Kier molecular flexibility index (Phi) is 2.33. The molecule has 0 aromatic carbocycles. The largest absolute Gasteiger partial charge is 0.310 e. The average molecular weight is 253 g/mol. The summed E-state index contributed by atoms with van der Waals surface area (Å²) in [4.78, 5) is 19.6. The van der Waals surface area contributed by atoms with Crippen LogP contribution in [0, 0.1) is 0 Å². The molecule has 1 aliphatic carbocycles. The van der Waals surface area contributed by atoms with Gasteiger partial charge in [-0.25, -0.2) is 4.98 Å². The lowest BCUT2D eigenvalue weighted by Gasteiger charge is -2.01. The van der Waals surface area contributed by atoms with Gasteiger partial charge in [0.05, 0.1) is 15.6 Å². The van der Waals surface area contributed by atoms with Gasteiger partial charge in [-0.1, -0.05) is 11.6 Å². The van der Waals surface area contributed by atoms with E-state index in [9.17, 15) is 4.79 Å². The van der Waals surface area contributed by atoms with Crippen LogP contribution in [0.15, 0.2) is 22.3 Å². The fourth-order valence-corrected chi connectivity index (χ4v) is 2.73. The van der Waals surface area contributed by atoms with Gasteiger partial charge in [0, 0.05) is 12.0 Å². The summed E-state index contributed by atoms with van der Waals surface area (Å²) in [7, 11) is 0. The number of nitrogens with zero attached hydrogens (tertiary/aromatic N) is 1. The molecule has 1 fully saturated rings. The summed E-state index contributed by atoms with van der Waals surface area (Å²) in [5.74, 6) is 1.23. The molecule has 0 aliphatic heterocycles. The fourth-order valence-electron chi connectivity index (χ4n) is 1.62. The van der Waals surface area contributed by atoms with Gasteiger partial charge >= 0.3 is 0 Å². The van der Waals surface area contributed by atoms with Crippen molar-refractivity contribution in [3.63, 3.8) is 0 Å². The number of hydrogen-bond donors (Lipinski definition) is 1. The van der Waals surface area contributed by atoms with E-state index in [-0.39, 0.29) is 5.56 Å².